The molecule has 0 radical (unpaired) electrons. The number of fused-ring (bicyclic) bond motifs is 1. The van der Waals surface area contributed by atoms with Gasteiger partial charge in [-0.15, -0.1) is 13.2 Å². The van der Waals surface area contributed by atoms with E-state index in [2.05, 4.69) is 9.72 Å². The molecule has 4 aromatic rings. The van der Waals surface area contributed by atoms with Gasteiger partial charge in [-0.2, -0.15) is 5.26 Å². The summed E-state index contributed by atoms with van der Waals surface area (Å²) in [4.78, 5) is 11.2. The smallest absolute Gasteiger partial charge is 0.403 e. The highest BCUT2D eigenvalue weighted by molar-refractivity contribution is 5.91. The Morgan fingerprint density at radius 1 is 1.03 bits per heavy atom. The van der Waals surface area contributed by atoms with Gasteiger partial charge in [0.25, 0.3) is 0 Å². The number of imidazole rings is 1. The van der Waals surface area contributed by atoms with Crippen LogP contribution < -0.4 is 15.4 Å². The highest BCUT2D eigenvalue weighted by Crippen LogP contribution is 2.39. The topological polar surface area (TPSA) is 92.5 Å². The fraction of sp³-hybridized carbons (Fsp3) is 0.240. The van der Waals surface area contributed by atoms with Crippen LogP contribution in [0.4, 0.5) is 27.9 Å². The third-order valence-electron chi connectivity index (χ3n) is 6.16. The molecule has 0 unspecified atom stereocenters. The van der Waals surface area contributed by atoms with E-state index < -0.39 is 23.7 Å². The zero-order chi connectivity index (χ0) is 26.3. The molecule has 1 aliphatic heterocycles. The number of nitrogens with two attached hydrogens (primary N) is 1. The molecule has 37 heavy (non-hydrogen) atoms. The maximum atomic E-state index is 14.7. The zero-order valence-corrected chi connectivity index (χ0v) is 19.1. The molecule has 0 amide bonds. The van der Waals surface area contributed by atoms with Gasteiger partial charge in [-0.05, 0) is 42.7 Å². The van der Waals surface area contributed by atoms with Gasteiger partial charge >= 0.3 is 6.36 Å². The maximum absolute atomic E-state index is 14.7. The average Bonchev–Trinajstić information content (AvgIpc) is 3.34. The molecule has 12 heteroatoms. The molecule has 3 heterocycles. The lowest BCUT2D eigenvalue weighted by Crippen LogP contribution is -2.40. The van der Waals surface area contributed by atoms with Crippen LogP contribution in [-0.2, 0) is 0 Å². The lowest BCUT2D eigenvalue weighted by Gasteiger charge is -2.32. The van der Waals surface area contributed by atoms with Gasteiger partial charge in [-0.1, -0.05) is 12.1 Å². The summed E-state index contributed by atoms with van der Waals surface area (Å²) in [7, 11) is 0. The van der Waals surface area contributed by atoms with Gasteiger partial charge in [0, 0.05) is 37.1 Å². The van der Waals surface area contributed by atoms with Crippen LogP contribution in [0, 0.1) is 23.0 Å². The Hall–Kier alpha value is -4.24. The van der Waals surface area contributed by atoms with Crippen LogP contribution >= 0.6 is 0 Å². The standard InChI is InChI=1S/C25H19F5N6O/c26-18-12-15(1-2-16(18)13-31)22-21(14-3-4-20(19(27)11-14)37-25(28,29)30)23-33-7-10-36(23)24(34-22)35-8-5-17(32)6-9-35/h1-4,7,10-12,17H,5-6,8-9,32H2. The fourth-order valence-electron chi connectivity index (χ4n) is 4.38. The van der Waals surface area contributed by atoms with E-state index in [1.54, 1.807) is 16.7 Å². The van der Waals surface area contributed by atoms with Crippen molar-refractivity contribution in [3.63, 3.8) is 0 Å². The highest BCUT2D eigenvalue weighted by atomic mass is 19.4. The predicted molar refractivity (Wildman–Crippen MR) is 125 cm³/mol. The van der Waals surface area contributed by atoms with Crippen molar-refractivity contribution in [2.75, 3.05) is 18.0 Å². The maximum Gasteiger partial charge on any atom is 0.573 e. The largest absolute Gasteiger partial charge is 0.573 e. The van der Waals surface area contributed by atoms with E-state index >= 15 is 0 Å². The summed E-state index contributed by atoms with van der Waals surface area (Å²) < 4.78 is 72.7. The molecular formula is C25H19F5N6O. The minimum Gasteiger partial charge on any atom is -0.403 e. The number of hydrogen-bond donors (Lipinski definition) is 1. The van der Waals surface area contributed by atoms with Gasteiger partial charge in [-0.3, -0.25) is 4.40 Å². The van der Waals surface area contributed by atoms with Gasteiger partial charge < -0.3 is 15.4 Å². The van der Waals surface area contributed by atoms with Crippen LogP contribution in [0.3, 0.4) is 0 Å². The van der Waals surface area contributed by atoms with Gasteiger partial charge in [0.15, 0.2) is 11.6 Å². The number of rotatable bonds is 4. The quantitative estimate of drug-likeness (QED) is 0.384. The normalized spacial score (nSPS) is 14.7. The number of halogens is 5. The van der Waals surface area contributed by atoms with Gasteiger partial charge in [0.1, 0.15) is 17.5 Å². The third-order valence-corrected chi connectivity index (χ3v) is 6.16. The van der Waals surface area contributed by atoms with Gasteiger partial charge in [0.05, 0.1) is 16.8 Å². The van der Waals surface area contributed by atoms with Crippen molar-refractivity contribution in [2.24, 2.45) is 5.73 Å². The molecule has 0 atom stereocenters. The Morgan fingerprint density at radius 3 is 2.38 bits per heavy atom. The number of piperidine rings is 1. The van der Waals surface area contributed by atoms with Crippen LogP contribution in [0.2, 0.25) is 0 Å². The molecule has 1 fully saturated rings. The van der Waals surface area contributed by atoms with Crippen molar-refractivity contribution in [3.05, 3.63) is 66.0 Å². The Labute approximate surface area is 207 Å². The summed E-state index contributed by atoms with van der Waals surface area (Å²) >= 11 is 0. The second-order valence-corrected chi connectivity index (χ2v) is 8.58. The van der Waals surface area contributed by atoms with Crippen molar-refractivity contribution in [1.29, 1.82) is 5.26 Å². The van der Waals surface area contributed by atoms with Crippen LogP contribution in [0.1, 0.15) is 18.4 Å². The number of anilines is 1. The number of nitriles is 1. The molecular weight excluding hydrogens is 495 g/mol. The minimum absolute atomic E-state index is 0.0568. The molecule has 5 rings (SSSR count). The van der Waals surface area contributed by atoms with Crippen LogP contribution in [0.15, 0.2) is 48.8 Å². The molecule has 0 spiro atoms. The van der Waals surface area contributed by atoms with Crippen LogP contribution in [0.25, 0.3) is 28.0 Å². The Balaban J connectivity index is 1.73. The number of benzene rings is 2. The third kappa shape index (κ3) is 4.77. The van der Waals surface area contributed by atoms with E-state index in [-0.39, 0.29) is 34.0 Å². The predicted octanol–water partition coefficient (Wildman–Crippen LogP) is 5.04. The fourth-order valence-corrected chi connectivity index (χ4v) is 4.38. The summed E-state index contributed by atoms with van der Waals surface area (Å²) in [6.45, 7) is 1.22. The van der Waals surface area contributed by atoms with Crippen molar-refractivity contribution in [1.82, 2.24) is 14.4 Å². The first-order valence-corrected chi connectivity index (χ1v) is 11.3. The van der Waals surface area contributed by atoms with Crippen molar-refractivity contribution in [2.45, 2.75) is 25.2 Å². The summed E-state index contributed by atoms with van der Waals surface area (Å²) in [5.74, 6) is -2.51. The highest BCUT2D eigenvalue weighted by Gasteiger charge is 2.33. The van der Waals surface area contributed by atoms with E-state index in [0.717, 1.165) is 31.0 Å². The van der Waals surface area contributed by atoms with Crippen LogP contribution in [-0.4, -0.2) is 39.9 Å². The summed E-state index contributed by atoms with van der Waals surface area (Å²) in [5, 5.41) is 9.13. The van der Waals surface area contributed by atoms with Crippen LogP contribution in [0.5, 0.6) is 5.75 Å². The first-order chi connectivity index (χ1) is 17.6. The number of alkyl halides is 3. The Kier molecular flexibility index (Phi) is 6.16. The summed E-state index contributed by atoms with van der Waals surface area (Å²) in [6, 6.07) is 8.74. The zero-order valence-electron chi connectivity index (χ0n) is 19.1. The molecule has 0 bridgehead atoms. The number of ether oxygens (including phenoxy) is 1. The van der Waals surface area contributed by atoms with E-state index in [4.69, 9.17) is 16.0 Å². The SMILES string of the molecule is N#Cc1ccc(-c2nc(N3CCC(N)CC3)n3ccnc3c2-c2ccc(OC(F)(F)F)c(F)c2)cc1F. The molecule has 1 aliphatic rings. The lowest BCUT2D eigenvalue weighted by molar-refractivity contribution is -0.275. The second kappa shape index (κ2) is 9.33. The Morgan fingerprint density at radius 2 is 1.73 bits per heavy atom. The molecule has 190 valence electrons. The number of nitrogens with zero attached hydrogens (tertiary/aromatic N) is 5. The van der Waals surface area contributed by atoms with E-state index in [9.17, 15) is 22.0 Å². The first kappa shape index (κ1) is 24.5. The lowest BCUT2D eigenvalue weighted by atomic mass is 9.98. The minimum atomic E-state index is -5.07. The molecule has 2 N–H and O–H groups in total. The van der Waals surface area contributed by atoms with E-state index in [1.165, 1.54) is 24.4 Å². The number of hydrogen-bond acceptors (Lipinski definition) is 6. The molecule has 2 aromatic heterocycles. The molecule has 0 aliphatic carbocycles. The summed E-state index contributed by atoms with van der Waals surface area (Å²) in [5.41, 5.74) is 7.14. The molecule has 2 aromatic carbocycles. The van der Waals surface area contributed by atoms with Crippen molar-refractivity contribution < 1.29 is 26.7 Å². The van der Waals surface area contributed by atoms with Gasteiger partial charge in [0.2, 0.25) is 5.95 Å². The molecule has 0 saturated carbocycles. The van der Waals surface area contributed by atoms with Crippen molar-refractivity contribution >= 4 is 11.6 Å². The Bertz CT molecular complexity index is 1520. The summed E-state index contributed by atoms with van der Waals surface area (Å²) in [6.07, 6.45) is -0.431. The van der Waals surface area contributed by atoms with E-state index in [1.807, 2.05) is 4.90 Å². The van der Waals surface area contributed by atoms with Crippen molar-refractivity contribution in [3.8, 4) is 34.2 Å². The monoisotopic (exact) mass is 514 g/mol. The average molecular weight is 514 g/mol. The van der Waals surface area contributed by atoms with E-state index in [0.29, 0.717) is 24.7 Å². The van der Waals surface area contributed by atoms with Gasteiger partial charge in [-0.25, -0.2) is 18.7 Å². The first-order valence-electron chi connectivity index (χ1n) is 11.3. The molecule has 7 nitrogen and oxygen atoms in total. The molecule has 1 saturated heterocycles. The second-order valence-electron chi connectivity index (χ2n) is 8.58. The number of aromatic nitrogens is 3.